The van der Waals surface area contributed by atoms with Crippen molar-refractivity contribution in [2.75, 3.05) is 0 Å². The number of hydrogen-bond acceptors (Lipinski definition) is 4. The molecule has 4 aromatic rings. The standard InChI is InChI=1S/C22H18ClN3O2S/c1-14-2-6-16(7-3-14)18-12-29-21-20(18)25-13-26(22(21)28)11-19(27)24-10-15-4-8-17(23)9-5-15/h2-9,12-13H,10-11H2,1H3,(H,24,27). The van der Waals surface area contributed by atoms with Crippen molar-refractivity contribution in [2.45, 2.75) is 20.0 Å². The van der Waals surface area contributed by atoms with E-state index in [1.54, 1.807) is 12.1 Å². The van der Waals surface area contributed by atoms with Crippen molar-refractivity contribution < 1.29 is 4.79 Å². The molecule has 0 fully saturated rings. The lowest BCUT2D eigenvalue weighted by Gasteiger charge is -2.08. The number of benzene rings is 2. The molecule has 0 bridgehead atoms. The van der Waals surface area contributed by atoms with E-state index in [-0.39, 0.29) is 18.0 Å². The van der Waals surface area contributed by atoms with Gasteiger partial charge in [-0.05, 0) is 30.2 Å². The Hall–Kier alpha value is -2.96. The van der Waals surface area contributed by atoms with E-state index >= 15 is 0 Å². The van der Waals surface area contributed by atoms with Gasteiger partial charge in [0.25, 0.3) is 5.56 Å². The lowest BCUT2D eigenvalue weighted by molar-refractivity contribution is -0.121. The quantitative estimate of drug-likeness (QED) is 0.517. The first-order valence-electron chi connectivity index (χ1n) is 9.06. The number of carbonyl (C=O) groups is 1. The number of aromatic nitrogens is 2. The van der Waals surface area contributed by atoms with Crippen molar-refractivity contribution in [1.82, 2.24) is 14.9 Å². The van der Waals surface area contributed by atoms with Gasteiger partial charge in [-0.25, -0.2) is 4.98 Å². The molecule has 0 radical (unpaired) electrons. The first kappa shape index (κ1) is 19.4. The molecule has 29 heavy (non-hydrogen) atoms. The molecule has 0 spiro atoms. The second-order valence-electron chi connectivity index (χ2n) is 6.77. The maximum atomic E-state index is 12.8. The van der Waals surface area contributed by atoms with Gasteiger partial charge in [-0.1, -0.05) is 53.6 Å². The number of carbonyl (C=O) groups excluding carboxylic acids is 1. The molecule has 4 rings (SSSR count). The fourth-order valence-electron chi connectivity index (χ4n) is 3.01. The average molecular weight is 424 g/mol. The van der Waals surface area contributed by atoms with Gasteiger partial charge in [0.15, 0.2) is 0 Å². The van der Waals surface area contributed by atoms with Crippen LogP contribution in [0.1, 0.15) is 11.1 Å². The Morgan fingerprint density at radius 1 is 1.14 bits per heavy atom. The van der Waals surface area contributed by atoms with Gasteiger partial charge in [-0.3, -0.25) is 14.2 Å². The molecule has 2 aromatic heterocycles. The molecule has 2 aromatic carbocycles. The van der Waals surface area contributed by atoms with Crippen LogP contribution in [-0.4, -0.2) is 15.5 Å². The van der Waals surface area contributed by atoms with Crippen LogP contribution in [0.4, 0.5) is 0 Å². The van der Waals surface area contributed by atoms with Crippen LogP contribution >= 0.6 is 22.9 Å². The fraction of sp³-hybridized carbons (Fsp3) is 0.136. The molecule has 7 heteroatoms. The molecule has 0 saturated heterocycles. The SMILES string of the molecule is Cc1ccc(-c2csc3c(=O)n(CC(=O)NCc4ccc(Cl)cc4)cnc23)cc1. The third kappa shape index (κ3) is 4.23. The number of hydrogen-bond donors (Lipinski definition) is 1. The van der Waals surface area contributed by atoms with Crippen LogP contribution in [0.25, 0.3) is 21.3 Å². The zero-order valence-corrected chi connectivity index (χ0v) is 17.3. The van der Waals surface area contributed by atoms with Crippen molar-refractivity contribution in [2.24, 2.45) is 0 Å². The molecule has 5 nitrogen and oxygen atoms in total. The van der Waals surface area contributed by atoms with E-state index in [9.17, 15) is 9.59 Å². The Bertz CT molecular complexity index is 1230. The summed E-state index contributed by atoms with van der Waals surface area (Å²) in [6, 6.07) is 15.3. The summed E-state index contributed by atoms with van der Waals surface area (Å²) < 4.78 is 1.89. The monoisotopic (exact) mass is 423 g/mol. The van der Waals surface area contributed by atoms with Gasteiger partial charge < -0.3 is 5.32 Å². The predicted molar refractivity (Wildman–Crippen MR) is 117 cm³/mol. The van der Waals surface area contributed by atoms with Gasteiger partial charge in [0.2, 0.25) is 5.91 Å². The summed E-state index contributed by atoms with van der Waals surface area (Å²) in [5.41, 5.74) is 4.52. The number of thiophene rings is 1. The number of rotatable bonds is 5. The Morgan fingerprint density at radius 3 is 2.59 bits per heavy atom. The molecule has 0 aliphatic rings. The lowest BCUT2D eigenvalue weighted by Crippen LogP contribution is -2.31. The van der Waals surface area contributed by atoms with E-state index < -0.39 is 0 Å². The minimum Gasteiger partial charge on any atom is -0.350 e. The second-order valence-corrected chi connectivity index (χ2v) is 8.09. The first-order valence-corrected chi connectivity index (χ1v) is 10.3. The Kier molecular flexibility index (Phi) is 5.47. The smallest absolute Gasteiger partial charge is 0.271 e. The van der Waals surface area contributed by atoms with Crippen LogP contribution < -0.4 is 10.9 Å². The third-order valence-electron chi connectivity index (χ3n) is 4.63. The molecule has 0 unspecified atom stereocenters. The largest absolute Gasteiger partial charge is 0.350 e. The molecule has 2 heterocycles. The van der Waals surface area contributed by atoms with Crippen LogP contribution in [0.2, 0.25) is 5.02 Å². The summed E-state index contributed by atoms with van der Waals surface area (Å²) in [5, 5.41) is 5.40. The predicted octanol–water partition coefficient (Wildman–Crippen LogP) is 4.40. The number of aryl methyl sites for hydroxylation is 1. The third-order valence-corrected chi connectivity index (χ3v) is 5.83. The van der Waals surface area contributed by atoms with E-state index in [1.165, 1.54) is 27.8 Å². The molecule has 0 atom stereocenters. The summed E-state index contributed by atoms with van der Waals surface area (Å²) >= 11 is 7.22. The highest BCUT2D eigenvalue weighted by Gasteiger charge is 2.14. The Labute approximate surface area is 176 Å². The minimum atomic E-state index is -0.251. The van der Waals surface area contributed by atoms with Crippen LogP contribution in [0.5, 0.6) is 0 Å². The highest BCUT2D eigenvalue weighted by molar-refractivity contribution is 7.17. The van der Waals surface area contributed by atoms with Crippen molar-refractivity contribution >= 4 is 39.1 Å². The van der Waals surface area contributed by atoms with E-state index in [0.29, 0.717) is 21.8 Å². The zero-order valence-electron chi connectivity index (χ0n) is 15.7. The molecule has 146 valence electrons. The van der Waals surface area contributed by atoms with Crippen molar-refractivity contribution in [3.63, 3.8) is 0 Å². The average Bonchev–Trinajstić information content (AvgIpc) is 3.15. The highest BCUT2D eigenvalue weighted by atomic mass is 35.5. The molecule has 1 N–H and O–H groups in total. The van der Waals surface area contributed by atoms with Crippen LogP contribution in [0.3, 0.4) is 0 Å². The lowest BCUT2D eigenvalue weighted by atomic mass is 10.1. The number of amides is 1. The van der Waals surface area contributed by atoms with Gasteiger partial charge in [-0.15, -0.1) is 11.3 Å². The summed E-state index contributed by atoms with van der Waals surface area (Å²) in [4.78, 5) is 29.6. The van der Waals surface area contributed by atoms with E-state index in [4.69, 9.17) is 11.6 Å². The molecule has 0 aliphatic carbocycles. The number of nitrogens with one attached hydrogen (secondary N) is 1. The Balaban J connectivity index is 1.52. The molecule has 0 saturated carbocycles. The van der Waals surface area contributed by atoms with Crippen LogP contribution in [-0.2, 0) is 17.9 Å². The second kappa shape index (κ2) is 8.19. The Morgan fingerprint density at radius 2 is 1.86 bits per heavy atom. The van der Waals surface area contributed by atoms with Crippen LogP contribution in [0, 0.1) is 6.92 Å². The molecular formula is C22H18ClN3O2S. The van der Waals surface area contributed by atoms with Crippen molar-refractivity contribution in [1.29, 1.82) is 0 Å². The fourth-order valence-corrected chi connectivity index (χ4v) is 4.11. The highest BCUT2D eigenvalue weighted by Crippen LogP contribution is 2.30. The number of nitrogens with zero attached hydrogens (tertiary/aromatic N) is 2. The van der Waals surface area contributed by atoms with Crippen molar-refractivity contribution in [3.8, 4) is 11.1 Å². The zero-order chi connectivity index (χ0) is 20.4. The number of halogens is 1. The van der Waals surface area contributed by atoms with Gasteiger partial charge in [0.1, 0.15) is 11.2 Å². The topological polar surface area (TPSA) is 64.0 Å². The van der Waals surface area contributed by atoms with Crippen LogP contribution in [0.15, 0.2) is 65.0 Å². The minimum absolute atomic E-state index is 0.0763. The molecular weight excluding hydrogens is 406 g/mol. The van der Waals surface area contributed by atoms with E-state index in [0.717, 1.165) is 16.7 Å². The van der Waals surface area contributed by atoms with E-state index in [2.05, 4.69) is 10.3 Å². The molecule has 0 aliphatic heterocycles. The summed E-state index contributed by atoms with van der Waals surface area (Å²) in [5.74, 6) is -0.251. The first-order chi connectivity index (χ1) is 14.0. The summed E-state index contributed by atoms with van der Waals surface area (Å²) in [7, 11) is 0. The van der Waals surface area contributed by atoms with Gasteiger partial charge in [0.05, 0.1) is 11.8 Å². The maximum Gasteiger partial charge on any atom is 0.271 e. The van der Waals surface area contributed by atoms with Crippen molar-refractivity contribution in [3.05, 3.63) is 86.7 Å². The maximum absolute atomic E-state index is 12.8. The number of fused-ring (bicyclic) bond motifs is 1. The summed E-state index contributed by atoms with van der Waals surface area (Å²) in [6.07, 6.45) is 1.44. The van der Waals surface area contributed by atoms with Gasteiger partial charge >= 0.3 is 0 Å². The normalized spacial score (nSPS) is 11.0. The van der Waals surface area contributed by atoms with E-state index in [1.807, 2.05) is 48.7 Å². The van der Waals surface area contributed by atoms with Gasteiger partial charge in [-0.2, -0.15) is 0 Å². The summed E-state index contributed by atoms with van der Waals surface area (Å²) in [6.45, 7) is 2.33. The van der Waals surface area contributed by atoms with Gasteiger partial charge in [0, 0.05) is 22.5 Å². The molecule has 1 amide bonds.